The van der Waals surface area contributed by atoms with Crippen molar-refractivity contribution in [3.63, 3.8) is 0 Å². The molecule has 1 aromatic heterocycles. The second kappa shape index (κ2) is 7.12. The van der Waals surface area contributed by atoms with Gasteiger partial charge in [0.05, 0.1) is 11.2 Å². The molecule has 1 saturated heterocycles. The highest BCUT2D eigenvalue weighted by molar-refractivity contribution is 9.10. The van der Waals surface area contributed by atoms with Gasteiger partial charge in [0.2, 0.25) is 0 Å². The molecule has 0 radical (unpaired) electrons. The first-order valence-electron chi connectivity index (χ1n) is 9.30. The van der Waals surface area contributed by atoms with Crippen molar-refractivity contribution >= 4 is 21.8 Å². The second-order valence-corrected chi connectivity index (χ2v) is 8.18. The van der Waals surface area contributed by atoms with Crippen LogP contribution in [0.1, 0.15) is 48.0 Å². The van der Waals surface area contributed by atoms with Gasteiger partial charge in [-0.25, -0.2) is 4.98 Å². The third-order valence-electron chi connectivity index (χ3n) is 5.99. The van der Waals surface area contributed by atoms with Gasteiger partial charge in [0, 0.05) is 24.7 Å². The maximum absolute atomic E-state index is 13.1. The molecule has 1 amide bonds. The number of hydrogen-bond acceptors (Lipinski definition) is 3. The predicted molar refractivity (Wildman–Crippen MR) is 104 cm³/mol. The van der Waals surface area contributed by atoms with Gasteiger partial charge in [-0.1, -0.05) is 43.2 Å². The number of carbonyl (C=O) groups is 1. The van der Waals surface area contributed by atoms with Gasteiger partial charge in [-0.05, 0) is 52.9 Å². The summed E-state index contributed by atoms with van der Waals surface area (Å²) in [7, 11) is 0. The van der Waals surface area contributed by atoms with Gasteiger partial charge in [-0.2, -0.15) is 0 Å². The van der Waals surface area contributed by atoms with Crippen LogP contribution in [0.4, 0.5) is 0 Å². The zero-order valence-corrected chi connectivity index (χ0v) is 16.2. The van der Waals surface area contributed by atoms with Crippen molar-refractivity contribution in [1.29, 1.82) is 0 Å². The molecule has 1 saturated carbocycles. The van der Waals surface area contributed by atoms with Gasteiger partial charge >= 0.3 is 0 Å². The summed E-state index contributed by atoms with van der Waals surface area (Å²) in [5.41, 5.74) is 0.748. The Morgan fingerprint density at radius 3 is 2.65 bits per heavy atom. The molecule has 4 rings (SSSR count). The summed E-state index contributed by atoms with van der Waals surface area (Å²) in [6, 6.07) is 13.7. The average molecular weight is 415 g/mol. The van der Waals surface area contributed by atoms with Crippen molar-refractivity contribution in [3.8, 4) is 0 Å². The third-order valence-corrected chi connectivity index (χ3v) is 6.46. The molecule has 2 aliphatic rings. The standard InChI is InChI=1S/C21H23BrN2O2/c22-19-11-10-15(14-23-19)20(25)24-13-12-21(26,16-6-2-1-3-7-16)17-8-4-5-9-18(17)24/h1-3,6-7,10-11,14,17-18,26H,4-5,8-9,12-13H2. The number of carbonyl (C=O) groups excluding carboxylic acids is 1. The molecule has 136 valence electrons. The molecule has 5 heteroatoms. The van der Waals surface area contributed by atoms with Gasteiger partial charge < -0.3 is 10.0 Å². The molecule has 0 bridgehead atoms. The molecule has 2 fully saturated rings. The fourth-order valence-corrected chi connectivity index (χ4v) is 4.92. The van der Waals surface area contributed by atoms with Gasteiger partial charge in [0.25, 0.3) is 5.91 Å². The lowest BCUT2D eigenvalue weighted by Gasteiger charge is -2.52. The lowest BCUT2D eigenvalue weighted by Crippen LogP contribution is -2.59. The maximum Gasteiger partial charge on any atom is 0.255 e. The molecule has 3 unspecified atom stereocenters. The number of hydrogen-bond donors (Lipinski definition) is 1. The number of pyridine rings is 1. The number of nitrogens with zero attached hydrogens (tertiary/aromatic N) is 2. The first-order valence-corrected chi connectivity index (χ1v) is 10.1. The Labute approximate surface area is 162 Å². The van der Waals surface area contributed by atoms with Crippen molar-refractivity contribution in [2.75, 3.05) is 6.54 Å². The second-order valence-electron chi connectivity index (χ2n) is 7.37. The summed E-state index contributed by atoms with van der Waals surface area (Å²) < 4.78 is 0.724. The topological polar surface area (TPSA) is 53.4 Å². The normalized spacial score (nSPS) is 28.5. The van der Waals surface area contributed by atoms with E-state index in [1.165, 1.54) is 0 Å². The van der Waals surface area contributed by atoms with Crippen LogP contribution in [0.2, 0.25) is 0 Å². The van der Waals surface area contributed by atoms with Crippen LogP contribution < -0.4 is 0 Å². The Morgan fingerprint density at radius 2 is 1.92 bits per heavy atom. The summed E-state index contributed by atoms with van der Waals surface area (Å²) in [5, 5.41) is 11.6. The highest BCUT2D eigenvalue weighted by Crippen LogP contribution is 2.47. The van der Waals surface area contributed by atoms with E-state index in [4.69, 9.17) is 0 Å². The van der Waals surface area contributed by atoms with Crippen LogP contribution in [0.25, 0.3) is 0 Å². The Balaban J connectivity index is 1.64. The minimum absolute atomic E-state index is 0.0250. The molecule has 2 aromatic rings. The molecule has 1 N–H and O–H groups in total. The van der Waals surface area contributed by atoms with Gasteiger partial charge in [-0.3, -0.25) is 4.79 Å². The molecule has 26 heavy (non-hydrogen) atoms. The SMILES string of the molecule is O=C(c1ccc(Br)nc1)N1CCC(O)(c2ccccc2)C2CCCCC21. The number of aromatic nitrogens is 1. The largest absolute Gasteiger partial charge is 0.385 e. The zero-order valence-electron chi connectivity index (χ0n) is 14.6. The summed E-state index contributed by atoms with van der Waals surface area (Å²) in [6.45, 7) is 0.571. The van der Waals surface area contributed by atoms with Gasteiger partial charge in [0.15, 0.2) is 0 Å². The molecular weight excluding hydrogens is 392 g/mol. The number of aliphatic hydroxyl groups is 1. The zero-order chi connectivity index (χ0) is 18.1. The quantitative estimate of drug-likeness (QED) is 0.751. The van der Waals surface area contributed by atoms with Crippen molar-refractivity contribution < 1.29 is 9.90 Å². The van der Waals surface area contributed by atoms with E-state index < -0.39 is 5.60 Å². The Morgan fingerprint density at radius 1 is 1.15 bits per heavy atom. The summed E-state index contributed by atoms with van der Waals surface area (Å²) in [4.78, 5) is 19.3. The van der Waals surface area contributed by atoms with E-state index in [9.17, 15) is 9.90 Å². The fourth-order valence-electron chi connectivity index (χ4n) is 4.69. The molecule has 2 heterocycles. The summed E-state index contributed by atoms with van der Waals surface area (Å²) >= 11 is 3.32. The van der Waals surface area contributed by atoms with Crippen molar-refractivity contribution in [2.45, 2.75) is 43.7 Å². The third kappa shape index (κ3) is 3.08. The molecule has 0 spiro atoms. The van der Waals surface area contributed by atoms with Gasteiger partial charge in [-0.15, -0.1) is 0 Å². The number of rotatable bonds is 2. The first-order chi connectivity index (χ1) is 12.6. The van der Waals surface area contributed by atoms with Crippen LogP contribution in [0, 0.1) is 5.92 Å². The van der Waals surface area contributed by atoms with E-state index in [2.05, 4.69) is 20.9 Å². The van der Waals surface area contributed by atoms with E-state index in [0.717, 1.165) is 35.8 Å². The van der Waals surface area contributed by atoms with Crippen LogP contribution >= 0.6 is 15.9 Å². The molecule has 1 aliphatic heterocycles. The Kier molecular flexibility index (Phi) is 4.84. The summed E-state index contributed by atoms with van der Waals surface area (Å²) in [6.07, 6.45) is 6.33. The maximum atomic E-state index is 13.1. The first kappa shape index (κ1) is 17.7. The van der Waals surface area contributed by atoms with Crippen molar-refractivity contribution in [2.24, 2.45) is 5.92 Å². The number of halogens is 1. The number of fused-ring (bicyclic) bond motifs is 1. The minimum Gasteiger partial charge on any atom is -0.385 e. The Hall–Kier alpha value is -1.72. The minimum atomic E-state index is -0.846. The number of benzene rings is 1. The fraction of sp³-hybridized carbons (Fsp3) is 0.429. The number of amides is 1. The van der Waals surface area contributed by atoms with Crippen LogP contribution in [0.15, 0.2) is 53.3 Å². The smallest absolute Gasteiger partial charge is 0.255 e. The van der Waals surface area contributed by atoms with Crippen molar-refractivity contribution in [3.05, 3.63) is 64.4 Å². The molecule has 3 atom stereocenters. The van der Waals surface area contributed by atoms with Crippen LogP contribution in [-0.2, 0) is 5.60 Å². The van der Waals surface area contributed by atoms with E-state index in [-0.39, 0.29) is 17.9 Å². The lowest BCUT2D eigenvalue weighted by molar-refractivity contribution is -0.110. The molecular formula is C21H23BrN2O2. The molecule has 1 aromatic carbocycles. The monoisotopic (exact) mass is 414 g/mol. The molecule has 4 nitrogen and oxygen atoms in total. The van der Waals surface area contributed by atoms with Crippen LogP contribution in [0.3, 0.4) is 0 Å². The molecule has 1 aliphatic carbocycles. The number of piperidine rings is 1. The van der Waals surface area contributed by atoms with E-state index >= 15 is 0 Å². The Bertz CT molecular complexity index is 780. The lowest BCUT2D eigenvalue weighted by atomic mass is 9.66. The van der Waals surface area contributed by atoms with Crippen LogP contribution in [0.5, 0.6) is 0 Å². The van der Waals surface area contributed by atoms with Crippen LogP contribution in [-0.4, -0.2) is 33.5 Å². The van der Waals surface area contributed by atoms with Gasteiger partial charge in [0.1, 0.15) is 4.60 Å². The van der Waals surface area contributed by atoms with Crippen molar-refractivity contribution in [1.82, 2.24) is 9.88 Å². The van der Waals surface area contributed by atoms with E-state index in [1.54, 1.807) is 12.3 Å². The van der Waals surface area contributed by atoms with E-state index in [1.807, 2.05) is 41.3 Å². The average Bonchev–Trinajstić information content (AvgIpc) is 2.69. The van der Waals surface area contributed by atoms with E-state index in [0.29, 0.717) is 18.5 Å². The number of likely N-dealkylation sites (tertiary alicyclic amines) is 1. The highest BCUT2D eigenvalue weighted by atomic mass is 79.9. The predicted octanol–water partition coefficient (Wildman–Crippen LogP) is 4.14. The summed E-state index contributed by atoms with van der Waals surface area (Å²) in [5.74, 6) is 0.108. The highest BCUT2D eigenvalue weighted by Gasteiger charge is 2.50.